The highest BCUT2D eigenvalue weighted by Gasteiger charge is 2.49. The van der Waals surface area contributed by atoms with Crippen molar-refractivity contribution in [2.45, 2.75) is 30.4 Å². The predicted octanol–water partition coefficient (Wildman–Crippen LogP) is -1.59. The number of H-pyrrole nitrogens is 1. The summed E-state index contributed by atoms with van der Waals surface area (Å²) in [5.74, 6) is -1.31. The third-order valence-electron chi connectivity index (χ3n) is 3.11. The molecule has 136 valence electrons. The molecule has 1 saturated heterocycles. The number of halogens is 3. The molecule has 10 nitrogen and oxygen atoms in total. The van der Waals surface area contributed by atoms with E-state index in [4.69, 9.17) is 9.84 Å². The van der Waals surface area contributed by atoms with Crippen molar-refractivity contribution in [3.8, 4) is 5.75 Å². The average Bonchev–Trinajstić information content (AvgIpc) is 2.81. The molecule has 3 N–H and O–H groups in total. The van der Waals surface area contributed by atoms with Gasteiger partial charge in [-0.1, -0.05) is 0 Å². The Labute approximate surface area is 131 Å². The van der Waals surface area contributed by atoms with Crippen molar-refractivity contribution in [3.05, 3.63) is 27.0 Å². The van der Waals surface area contributed by atoms with E-state index >= 15 is 0 Å². The number of rotatable bonds is 4. The standard InChI is InChI=1S/C10H11F3N2O8S/c11-10(12,13)24(20,21)23-5-2-15(9(19)14-8(5)18)7-1-4(17)6(3-16)22-7/h2,4,6-7,16-17H,1,3H2,(H,14,18,19)/t4-,6+,7+/m0/s1. The van der Waals surface area contributed by atoms with Gasteiger partial charge in [-0.05, 0) is 0 Å². The van der Waals surface area contributed by atoms with E-state index in [0.29, 0.717) is 10.8 Å². The maximum Gasteiger partial charge on any atom is 0.534 e. The van der Waals surface area contributed by atoms with Gasteiger partial charge >= 0.3 is 21.3 Å². The first-order valence-corrected chi connectivity index (χ1v) is 7.67. The fourth-order valence-electron chi connectivity index (χ4n) is 1.96. The molecule has 2 heterocycles. The van der Waals surface area contributed by atoms with E-state index in [1.807, 2.05) is 0 Å². The maximum absolute atomic E-state index is 12.3. The molecule has 2 rings (SSSR count). The van der Waals surface area contributed by atoms with E-state index in [9.17, 15) is 36.3 Å². The van der Waals surface area contributed by atoms with Crippen molar-refractivity contribution >= 4 is 10.1 Å². The zero-order valence-corrected chi connectivity index (χ0v) is 12.4. The van der Waals surface area contributed by atoms with Crippen LogP contribution in [0.1, 0.15) is 12.6 Å². The summed E-state index contributed by atoms with van der Waals surface area (Å²) < 4.78 is 68.1. The Morgan fingerprint density at radius 2 is 2.04 bits per heavy atom. The van der Waals surface area contributed by atoms with Crippen molar-refractivity contribution in [3.63, 3.8) is 0 Å². The summed E-state index contributed by atoms with van der Waals surface area (Å²) in [4.78, 5) is 24.7. The number of aliphatic hydroxyl groups is 2. The van der Waals surface area contributed by atoms with Crippen LogP contribution in [0, 0.1) is 0 Å². The highest BCUT2D eigenvalue weighted by atomic mass is 32.2. The van der Waals surface area contributed by atoms with Gasteiger partial charge in [0.2, 0.25) is 5.75 Å². The topological polar surface area (TPSA) is 148 Å². The Hall–Kier alpha value is -1.90. The molecule has 1 aliphatic heterocycles. The molecule has 14 heteroatoms. The average molecular weight is 376 g/mol. The van der Waals surface area contributed by atoms with Gasteiger partial charge in [0.05, 0.1) is 18.9 Å². The molecule has 1 aromatic heterocycles. The first-order chi connectivity index (χ1) is 11.0. The predicted molar refractivity (Wildman–Crippen MR) is 68.5 cm³/mol. The van der Waals surface area contributed by atoms with E-state index in [0.717, 1.165) is 0 Å². The van der Waals surface area contributed by atoms with Crippen molar-refractivity contribution in [2.75, 3.05) is 6.61 Å². The Kier molecular flexibility index (Phi) is 4.76. The van der Waals surface area contributed by atoms with Gasteiger partial charge < -0.3 is 19.1 Å². The van der Waals surface area contributed by atoms with Crippen LogP contribution in [0.25, 0.3) is 0 Å². The summed E-state index contributed by atoms with van der Waals surface area (Å²) in [6.07, 6.45) is -3.30. The van der Waals surface area contributed by atoms with Crippen LogP contribution in [0.15, 0.2) is 15.8 Å². The van der Waals surface area contributed by atoms with Crippen LogP contribution in [0.5, 0.6) is 5.75 Å². The van der Waals surface area contributed by atoms with Gasteiger partial charge in [0.25, 0.3) is 5.56 Å². The summed E-state index contributed by atoms with van der Waals surface area (Å²) in [5.41, 5.74) is -8.41. The van der Waals surface area contributed by atoms with Crippen LogP contribution in [0.2, 0.25) is 0 Å². The minimum Gasteiger partial charge on any atom is -0.394 e. The molecule has 1 aliphatic rings. The molecule has 0 saturated carbocycles. The lowest BCUT2D eigenvalue weighted by Crippen LogP contribution is -2.35. The van der Waals surface area contributed by atoms with Gasteiger partial charge in [-0.15, -0.1) is 0 Å². The molecule has 0 bridgehead atoms. The highest BCUT2D eigenvalue weighted by molar-refractivity contribution is 7.87. The van der Waals surface area contributed by atoms with E-state index < -0.39 is 57.7 Å². The lowest BCUT2D eigenvalue weighted by atomic mass is 10.2. The Morgan fingerprint density at radius 3 is 2.54 bits per heavy atom. The summed E-state index contributed by atoms with van der Waals surface area (Å²) in [7, 11) is -6.12. The molecule has 0 aromatic carbocycles. The van der Waals surface area contributed by atoms with Crippen LogP contribution in [-0.2, 0) is 14.9 Å². The summed E-state index contributed by atoms with van der Waals surface area (Å²) in [5, 5.41) is 18.5. The minimum absolute atomic E-state index is 0.233. The molecule has 3 atom stereocenters. The van der Waals surface area contributed by atoms with Gasteiger partial charge in [-0.25, -0.2) is 4.79 Å². The van der Waals surface area contributed by atoms with Crippen LogP contribution in [0.4, 0.5) is 13.2 Å². The second-order valence-corrected chi connectivity index (χ2v) is 6.30. The molecule has 0 spiro atoms. The third-order valence-corrected chi connectivity index (χ3v) is 4.08. The van der Waals surface area contributed by atoms with Crippen molar-refractivity contribution in [1.82, 2.24) is 9.55 Å². The molecule has 24 heavy (non-hydrogen) atoms. The lowest BCUT2D eigenvalue weighted by molar-refractivity contribution is -0.0504. The number of ether oxygens (including phenoxy) is 1. The number of aromatic nitrogens is 2. The second-order valence-electron chi connectivity index (χ2n) is 4.76. The number of hydrogen-bond donors (Lipinski definition) is 3. The van der Waals surface area contributed by atoms with E-state index in [1.165, 1.54) is 0 Å². The normalized spacial score (nSPS) is 25.0. The quantitative estimate of drug-likeness (QED) is 0.421. The van der Waals surface area contributed by atoms with Crippen LogP contribution < -0.4 is 15.4 Å². The monoisotopic (exact) mass is 376 g/mol. The highest BCUT2D eigenvalue weighted by Crippen LogP contribution is 2.29. The van der Waals surface area contributed by atoms with E-state index in [-0.39, 0.29) is 6.42 Å². The van der Waals surface area contributed by atoms with Gasteiger partial charge in [0, 0.05) is 6.42 Å². The zero-order valence-electron chi connectivity index (χ0n) is 11.6. The summed E-state index contributed by atoms with van der Waals surface area (Å²) in [6, 6.07) is 0. The minimum atomic E-state index is -6.12. The SMILES string of the molecule is O=c1[nH]c(=O)n([C@H]2C[C@H](O)[C@@H](CO)O2)cc1OS(=O)(=O)C(F)(F)F. The van der Waals surface area contributed by atoms with E-state index in [2.05, 4.69) is 4.18 Å². The fraction of sp³-hybridized carbons (Fsp3) is 0.600. The summed E-state index contributed by atoms with van der Waals surface area (Å²) in [6.45, 7) is -0.596. The lowest BCUT2D eigenvalue weighted by Gasteiger charge is -2.15. The van der Waals surface area contributed by atoms with Gasteiger partial charge in [-0.3, -0.25) is 14.3 Å². The van der Waals surface area contributed by atoms with Crippen LogP contribution in [-0.4, -0.2) is 52.5 Å². The number of alkyl halides is 3. The molecule has 1 fully saturated rings. The molecular weight excluding hydrogens is 365 g/mol. The number of nitrogens with one attached hydrogen (secondary N) is 1. The molecule has 0 aliphatic carbocycles. The molecule has 1 aromatic rings. The first kappa shape index (κ1) is 18.4. The number of hydrogen-bond acceptors (Lipinski definition) is 8. The molecule has 0 amide bonds. The van der Waals surface area contributed by atoms with Crippen molar-refractivity contribution in [1.29, 1.82) is 0 Å². The Bertz CT molecular complexity index is 830. The van der Waals surface area contributed by atoms with Gasteiger partial charge in [-0.2, -0.15) is 21.6 Å². The number of aromatic amines is 1. The fourth-order valence-corrected chi connectivity index (χ4v) is 2.41. The molecule has 0 radical (unpaired) electrons. The van der Waals surface area contributed by atoms with E-state index in [1.54, 1.807) is 4.98 Å². The van der Waals surface area contributed by atoms with Crippen molar-refractivity contribution < 1.29 is 40.7 Å². The molecule has 0 unspecified atom stereocenters. The number of aliphatic hydroxyl groups excluding tert-OH is 2. The van der Waals surface area contributed by atoms with Crippen molar-refractivity contribution in [2.24, 2.45) is 0 Å². The smallest absolute Gasteiger partial charge is 0.394 e. The third kappa shape index (κ3) is 3.45. The Balaban J connectivity index is 2.40. The zero-order chi connectivity index (χ0) is 18.3. The summed E-state index contributed by atoms with van der Waals surface area (Å²) >= 11 is 0. The number of nitrogens with zero attached hydrogens (tertiary/aromatic N) is 1. The van der Waals surface area contributed by atoms with Crippen LogP contribution in [0.3, 0.4) is 0 Å². The first-order valence-electron chi connectivity index (χ1n) is 6.27. The molecular formula is C10H11F3N2O8S. The van der Waals surface area contributed by atoms with Gasteiger partial charge in [0.15, 0.2) is 0 Å². The second kappa shape index (κ2) is 6.19. The van der Waals surface area contributed by atoms with Crippen LogP contribution >= 0.6 is 0 Å². The largest absolute Gasteiger partial charge is 0.534 e. The maximum atomic E-state index is 12.3. The Morgan fingerprint density at radius 1 is 1.42 bits per heavy atom. The van der Waals surface area contributed by atoms with Gasteiger partial charge in [0.1, 0.15) is 12.3 Å².